The van der Waals surface area contributed by atoms with E-state index in [2.05, 4.69) is 31.5 Å². The molecule has 0 bridgehead atoms. The summed E-state index contributed by atoms with van der Waals surface area (Å²) in [4.78, 5) is 28.3. The first kappa shape index (κ1) is 16.9. The Kier molecular flexibility index (Phi) is 5.20. The minimum Gasteiger partial charge on any atom is -0.322 e. The van der Waals surface area contributed by atoms with Gasteiger partial charge in [-0.15, -0.1) is 0 Å². The van der Waals surface area contributed by atoms with E-state index in [0.717, 1.165) is 4.47 Å². The van der Waals surface area contributed by atoms with Crippen LogP contribution in [0.2, 0.25) is 0 Å². The highest BCUT2D eigenvalue weighted by atomic mass is 79.9. The van der Waals surface area contributed by atoms with Gasteiger partial charge in [0, 0.05) is 39.4 Å². The van der Waals surface area contributed by atoms with Gasteiger partial charge in [0.1, 0.15) is 0 Å². The molecule has 1 heterocycles. The van der Waals surface area contributed by atoms with Crippen LogP contribution in [-0.4, -0.2) is 16.8 Å². The zero-order valence-corrected chi connectivity index (χ0v) is 14.7. The molecule has 2 amide bonds. The van der Waals surface area contributed by atoms with Crippen molar-refractivity contribution in [1.29, 1.82) is 0 Å². The van der Waals surface area contributed by atoms with Crippen LogP contribution in [0.15, 0.2) is 77.5 Å². The first-order valence-electron chi connectivity index (χ1n) is 7.50. The topological polar surface area (TPSA) is 71.1 Å². The fraction of sp³-hybridized carbons (Fsp3) is 0. The van der Waals surface area contributed by atoms with Crippen LogP contribution in [0, 0.1) is 0 Å². The highest BCUT2D eigenvalue weighted by Gasteiger charge is 2.08. The molecule has 2 N–H and O–H groups in total. The maximum Gasteiger partial charge on any atom is 0.255 e. The first-order valence-corrected chi connectivity index (χ1v) is 8.29. The molecule has 5 nitrogen and oxygen atoms in total. The third-order valence-electron chi connectivity index (χ3n) is 3.43. The molecule has 0 aliphatic heterocycles. The van der Waals surface area contributed by atoms with Crippen molar-refractivity contribution in [3.8, 4) is 0 Å². The number of halogens is 1. The van der Waals surface area contributed by atoms with E-state index in [9.17, 15) is 9.59 Å². The van der Waals surface area contributed by atoms with E-state index in [1.165, 1.54) is 0 Å². The molecule has 0 spiro atoms. The van der Waals surface area contributed by atoms with E-state index >= 15 is 0 Å². The number of hydrogen-bond acceptors (Lipinski definition) is 3. The Morgan fingerprint density at radius 3 is 1.84 bits per heavy atom. The largest absolute Gasteiger partial charge is 0.322 e. The Bertz CT molecular complexity index is 896. The number of benzene rings is 2. The lowest BCUT2D eigenvalue weighted by molar-refractivity contribution is 0.101. The average molecular weight is 396 g/mol. The predicted octanol–water partition coefficient (Wildman–Crippen LogP) is 4.35. The minimum atomic E-state index is -0.237. The summed E-state index contributed by atoms with van der Waals surface area (Å²) in [5.74, 6) is -0.455. The second-order valence-electron chi connectivity index (χ2n) is 5.23. The van der Waals surface area contributed by atoms with Crippen LogP contribution in [0.25, 0.3) is 0 Å². The maximum absolute atomic E-state index is 12.3. The SMILES string of the molecule is O=C(Nc1cccc(NC(=O)c2ccc(Br)cc2)c1)c1ccncc1. The standard InChI is InChI=1S/C19H14BrN3O2/c20-15-6-4-13(5-7-15)18(24)22-16-2-1-3-17(12-16)23-19(25)14-8-10-21-11-9-14/h1-12H,(H,22,24)(H,23,25). The van der Waals surface area contributed by atoms with Gasteiger partial charge < -0.3 is 10.6 Å². The highest BCUT2D eigenvalue weighted by Crippen LogP contribution is 2.18. The number of aromatic nitrogens is 1. The summed E-state index contributed by atoms with van der Waals surface area (Å²) in [6.45, 7) is 0. The zero-order chi connectivity index (χ0) is 17.6. The molecule has 25 heavy (non-hydrogen) atoms. The van der Waals surface area contributed by atoms with Gasteiger partial charge in [0.15, 0.2) is 0 Å². The van der Waals surface area contributed by atoms with E-state index in [4.69, 9.17) is 0 Å². The molecular formula is C19H14BrN3O2. The third kappa shape index (κ3) is 4.51. The number of amides is 2. The van der Waals surface area contributed by atoms with E-state index in [-0.39, 0.29) is 11.8 Å². The van der Waals surface area contributed by atoms with Crippen molar-refractivity contribution in [3.63, 3.8) is 0 Å². The normalized spacial score (nSPS) is 10.1. The van der Waals surface area contributed by atoms with Crippen LogP contribution in [0.3, 0.4) is 0 Å². The molecule has 6 heteroatoms. The third-order valence-corrected chi connectivity index (χ3v) is 3.96. The van der Waals surface area contributed by atoms with Crippen molar-refractivity contribution in [2.75, 3.05) is 10.6 Å². The lowest BCUT2D eigenvalue weighted by Crippen LogP contribution is -2.14. The first-order chi connectivity index (χ1) is 12.1. The summed E-state index contributed by atoms with van der Waals surface area (Å²) in [6.07, 6.45) is 3.12. The number of anilines is 2. The summed E-state index contributed by atoms with van der Waals surface area (Å²) in [5.41, 5.74) is 2.25. The second kappa shape index (κ2) is 7.72. The van der Waals surface area contributed by atoms with Crippen molar-refractivity contribution in [2.45, 2.75) is 0 Å². The van der Waals surface area contributed by atoms with Crippen LogP contribution in [0.1, 0.15) is 20.7 Å². The summed E-state index contributed by atoms with van der Waals surface area (Å²) in [5, 5.41) is 5.61. The van der Waals surface area contributed by atoms with Gasteiger partial charge in [0.25, 0.3) is 11.8 Å². The number of carbonyl (C=O) groups is 2. The molecule has 1 aromatic heterocycles. The molecule has 0 aliphatic rings. The Morgan fingerprint density at radius 2 is 1.28 bits per heavy atom. The minimum absolute atomic E-state index is 0.217. The van der Waals surface area contributed by atoms with Gasteiger partial charge in [-0.05, 0) is 54.6 Å². The Morgan fingerprint density at radius 1 is 0.760 bits per heavy atom. The van der Waals surface area contributed by atoms with Crippen LogP contribution in [-0.2, 0) is 0 Å². The number of carbonyl (C=O) groups excluding carboxylic acids is 2. The summed E-state index contributed by atoms with van der Waals surface area (Å²) in [7, 11) is 0. The molecule has 0 unspecified atom stereocenters. The summed E-state index contributed by atoms with van der Waals surface area (Å²) >= 11 is 3.34. The number of hydrogen-bond donors (Lipinski definition) is 2. The molecule has 0 aliphatic carbocycles. The predicted molar refractivity (Wildman–Crippen MR) is 101 cm³/mol. The van der Waals surface area contributed by atoms with Crippen molar-refractivity contribution in [2.24, 2.45) is 0 Å². The van der Waals surface area contributed by atoms with Gasteiger partial charge in [-0.2, -0.15) is 0 Å². The van der Waals surface area contributed by atoms with Gasteiger partial charge in [0.2, 0.25) is 0 Å². The molecule has 0 saturated carbocycles. The molecule has 124 valence electrons. The molecule has 0 saturated heterocycles. The number of rotatable bonds is 4. The van der Waals surface area contributed by atoms with Crippen molar-refractivity contribution in [3.05, 3.63) is 88.7 Å². The maximum atomic E-state index is 12.3. The van der Waals surface area contributed by atoms with Gasteiger partial charge >= 0.3 is 0 Å². The van der Waals surface area contributed by atoms with Gasteiger partial charge in [0.05, 0.1) is 0 Å². The monoisotopic (exact) mass is 395 g/mol. The second-order valence-corrected chi connectivity index (χ2v) is 6.15. The molecule has 0 radical (unpaired) electrons. The molecule has 3 rings (SSSR count). The van der Waals surface area contributed by atoms with E-state index in [0.29, 0.717) is 22.5 Å². The average Bonchev–Trinajstić information content (AvgIpc) is 2.63. The number of nitrogens with one attached hydrogen (secondary N) is 2. The van der Waals surface area contributed by atoms with Crippen LogP contribution in [0.4, 0.5) is 11.4 Å². The van der Waals surface area contributed by atoms with E-state index < -0.39 is 0 Å². The van der Waals surface area contributed by atoms with Gasteiger partial charge in [-0.3, -0.25) is 14.6 Å². The molecule has 0 fully saturated rings. The van der Waals surface area contributed by atoms with Crippen molar-refractivity contribution < 1.29 is 9.59 Å². The van der Waals surface area contributed by atoms with Crippen LogP contribution in [0.5, 0.6) is 0 Å². The molecule has 2 aromatic carbocycles. The highest BCUT2D eigenvalue weighted by molar-refractivity contribution is 9.10. The van der Waals surface area contributed by atoms with E-state index in [1.54, 1.807) is 73.1 Å². The quantitative estimate of drug-likeness (QED) is 0.689. The lowest BCUT2D eigenvalue weighted by atomic mass is 10.2. The zero-order valence-electron chi connectivity index (χ0n) is 13.1. The molecule has 3 aromatic rings. The van der Waals surface area contributed by atoms with Crippen molar-refractivity contribution in [1.82, 2.24) is 4.98 Å². The number of nitrogens with zero attached hydrogens (tertiary/aromatic N) is 1. The van der Waals surface area contributed by atoms with Gasteiger partial charge in [-0.25, -0.2) is 0 Å². The van der Waals surface area contributed by atoms with Crippen LogP contribution >= 0.6 is 15.9 Å². The Labute approximate surface area is 153 Å². The molecule has 0 atom stereocenters. The lowest BCUT2D eigenvalue weighted by Gasteiger charge is -2.09. The summed E-state index contributed by atoms with van der Waals surface area (Å²) in [6, 6.07) is 17.3. The summed E-state index contributed by atoms with van der Waals surface area (Å²) < 4.78 is 0.907. The van der Waals surface area contributed by atoms with Crippen molar-refractivity contribution >= 4 is 39.1 Å². The fourth-order valence-electron chi connectivity index (χ4n) is 2.19. The molecular weight excluding hydrogens is 382 g/mol. The number of pyridine rings is 1. The van der Waals surface area contributed by atoms with E-state index in [1.807, 2.05) is 0 Å². The Balaban J connectivity index is 1.70. The fourth-order valence-corrected chi connectivity index (χ4v) is 2.45. The van der Waals surface area contributed by atoms with Gasteiger partial charge in [-0.1, -0.05) is 22.0 Å². The van der Waals surface area contributed by atoms with Crippen LogP contribution < -0.4 is 10.6 Å². The smallest absolute Gasteiger partial charge is 0.255 e. The Hall–Kier alpha value is -2.99.